The van der Waals surface area contributed by atoms with Gasteiger partial charge in [0.25, 0.3) is 0 Å². The number of benzene rings is 8. The van der Waals surface area contributed by atoms with E-state index in [-0.39, 0.29) is 64.2 Å². The van der Waals surface area contributed by atoms with Crippen LogP contribution in [0.3, 0.4) is 0 Å². The van der Waals surface area contributed by atoms with Gasteiger partial charge in [0, 0.05) is 75.7 Å². The topological polar surface area (TPSA) is 177 Å². The number of ether oxygens (including phenoxy) is 6. The number of rotatable bonds is 23. The van der Waals surface area contributed by atoms with Gasteiger partial charge in [-0.15, -0.1) is 52.6 Å². The van der Waals surface area contributed by atoms with Crippen molar-refractivity contribution in [2.75, 3.05) is 28.4 Å². The fourth-order valence-corrected chi connectivity index (χ4v) is 9.60. The third-order valence-corrected chi connectivity index (χ3v) is 15.4. The third-order valence-electron chi connectivity index (χ3n) is 15.4. The highest BCUT2D eigenvalue weighted by molar-refractivity contribution is 5.79. The summed E-state index contributed by atoms with van der Waals surface area (Å²) in [7, 11) is 6.46. The normalized spacial score (nSPS) is 11.0. The van der Waals surface area contributed by atoms with E-state index in [0.29, 0.717) is 24.0 Å². The zero-order valence-corrected chi connectivity index (χ0v) is 58.4. The van der Waals surface area contributed by atoms with Gasteiger partial charge in [0.1, 0.15) is 46.0 Å². The average Bonchev–Trinajstić information content (AvgIpc) is 1.65. The molecule has 0 saturated heterocycles. The van der Waals surface area contributed by atoms with Crippen LogP contribution in [0.5, 0.6) is 46.0 Å². The second-order valence-electron chi connectivity index (χ2n) is 23.9. The quantitative estimate of drug-likeness (QED) is 0.0264. The Labute approximate surface area is 606 Å². The first-order valence-electron chi connectivity index (χ1n) is 31.9. The molecule has 0 saturated carbocycles. The summed E-state index contributed by atoms with van der Waals surface area (Å²) in [5, 5.41) is 59.8. The largest absolute Gasteiger partial charge is 0.508 e. The Morgan fingerprint density at radius 3 is 0.762 bits per heavy atom. The number of phenols is 6. The Kier molecular flexibility index (Phi) is 40.4. The highest BCUT2D eigenvalue weighted by Gasteiger charge is 2.30. The van der Waals surface area contributed by atoms with Crippen LogP contribution in [0.2, 0.25) is 0 Å². The minimum atomic E-state index is -0.708. The highest BCUT2D eigenvalue weighted by Crippen LogP contribution is 2.44. The maximum atomic E-state index is 10.0. The number of phenolic OH excluding ortho intramolecular Hbond substituents is 6. The van der Waals surface area contributed by atoms with E-state index in [9.17, 15) is 30.6 Å². The van der Waals surface area contributed by atoms with Crippen LogP contribution in [-0.2, 0) is 70.3 Å². The van der Waals surface area contributed by atoms with E-state index in [1.807, 2.05) is 151 Å². The molecule has 544 valence electrons. The van der Waals surface area contributed by atoms with Crippen molar-refractivity contribution in [3.05, 3.63) is 291 Å². The molecule has 1 aliphatic rings. The van der Waals surface area contributed by atoms with Crippen molar-refractivity contribution in [1.29, 1.82) is 0 Å². The van der Waals surface area contributed by atoms with E-state index in [2.05, 4.69) is 76.9 Å². The van der Waals surface area contributed by atoms with Crippen LogP contribution in [0.1, 0.15) is 116 Å². The maximum Gasteiger partial charge on any atom is 0.245 e. The van der Waals surface area contributed by atoms with Crippen molar-refractivity contribution in [2.24, 2.45) is 0 Å². The molecule has 0 bridgehead atoms. The number of allylic oxidation sites excluding steroid dienone is 8. The number of hydrogen-bond acceptors (Lipinski definition) is 12. The van der Waals surface area contributed by atoms with E-state index in [4.69, 9.17) is 28.4 Å². The number of hydrogen-bond donors (Lipinski definition) is 6. The van der Waals surface area contributed by atoms with Gasteiger partial charge in [-0.05, 0) is 232 Å². The lowest BCUT2D eigenvalue weighted by Crippen LogP contribution is -2.34. The molecule has 0 atom stereocenters. The van der Waals surface area contributed by atoms with E-state index >= 15 is 0 Å². The van der Waals surface area contributed by atoms with Gasteiger partial charge >= 0.3 is 0 Å². The van der Waals surface area contributed by atoms with Crippen molar-refractivity contribution in [2.45, 2.75) is 140 Å². The Morgan fingerprint density at radius 2 is 0.525 bits per heavy atom. The fourth-order valence-electron chi connectivity index (χ4n) is 9.60. The molecule has 8 aromatic rings. The van der Waals surface area contributed by atoms with Crippen LogP contribution >= 0.6 is 0 Å². The highest BCUT2D eigenvalue weighted by atomic mass is 16.7. The van der Waals surface area contributed by atoms with Gasteiger partial charge in [0.2, 0.25) is 5.79 Å². The molecule has 12 heteroatoms. The lowest BCUT2D eigenvalue weighted by Gasteiger charge is -2.25. The van der Waals surface area contributed by atoms with Crippen molar-refractivity contribution >= 4 is 0 Å². The SMILES string of the molecule is C.C.C.C.C=CCc1ccc(O)c(-c2cc(CC=C)ccc2O)c1.C=CCc1ccc(O)c(-c2ccc(O)c(CC=C)c2)c1.C=CCc1ccc(O)c(-c2ccc(O)c(CC=C)c2)c1.C=CCc1ccc2c(c1)-c1cc(CC=C)ccc1OC(C)(C)O2.COC(C)(C)OC.COC(C)(C)OC. The Hall–Kier alpha value is -10.1. The predicted molar refractivity (Wildman–Crippen MR) is 427 cm³/mol. The van der Waals surface area contributed by atoms with Gasteiger partial charge < -0.3 is 59.1 Å². The summed E-state index contributed by atoms with van der Waals surface area (Å²) >= 11 is 0. The summed E-state index contributed by atoms with van der Waals surface area (Å²) in [5.41, 5.74) is 14.9. The van der Waals surface area contributed by atoms with Crippen LogP contribution in [0.15, 0.2) is 247 Å². The fraction of sp³-hybridized carbons (Fsp3) is 0.281. The summed E-state index contributed by atoms with van der Waals surface area (Å²) < 4.78 is 31.6. The number of aromatic hydroxyl groups is 6. The number of fused-ring (bicyclic) bond motifs is 3. The summed E-state index contributed by atoms with van der Waals surface area (Å²) in [6.45, 7) is 41.2. The Morgan fingerprint density at radius 1 is 0.307 bits per heavy atom. The molecule has 1 heterocycles. The first kappa shape index (κ1) is 90.9. The van der Waals surface area contributed by atoms with Gasteiger partial charge in [0.15, 0.2) is 11.6 Å². The van der Waals surface area contributed by atoms with Crippen LogP contribution < -0.4 is 9.47 Å². The van der Waals surface area contributed by atoms with Crippen LogP contribution in [0, 0.1) is 0 Å². The molecule has 101 heavy (non-hydrogen) atoms. The van der Waals surface area contributed by atoms with Gasteiger partial charge in [0.05, 0.1) is 0 Å². The third kappa shape index (κ3) is 28.6. The molecule has 0 unspecified atom stereocenters. The predicted octanol–water partition coefficient (Wildman–Crippen LogP) is 22.6. The molecule has 0 fully saturated rings. The molecule has 0 amide bonds. The summed E-state index contributed by atoms with van der Waals surface area (Å²) in [6, 6.07) is 45.0. The monoisotopic (exact) mass is 1380 g/mol. The van der Waals surface area contributed by atoms with Gasteiger partial charge in [-0.3, -0.25) is 0 Å². The van der Waals surface area contributed by atoms with Crippen LogP contribution in [0.25, 0.3) is 44.5 Å². The zero-order chi connectivity index (χ0) is 71.9. The molecule has 12 nitrogen and oxygen atoms in total. The molecular weight excluding hydrogens is 1260 g/mol. The minimum Gasteiger partial charge on any atom is -0.508 e. The van der Waals surface area contributed by atoms with Crippen molar-refractivity contribution in [1.82, 2.24) is 0 Å². The minimum absolute atomic E-state index is 0. The number of methoxy groups -OCH3 is 4. The second-order valence-corrected chi connectivity index (χ2v) is 23.9. The maximum absolute atomic E-state index is 10.0. The van der Waals surface area contributed by atoms with Crippen molar-refractivity contribution in [3.8, 4) is 90.5 Å². The average molecular weight is 1380 g/mol. The smallest absolute Gasteiger partial charge is 0.245 e. The molecule has 0 aromatic heterocycles. The van der Waals surface area contributed by atoms with E-state index < -0.39 is 17.4 Å². The van der Waals surface area contributed by atoms with Gasteiger partial charge in [-0.2, -0.15) is 0 Å². The first-order valence-corrected chi connectivity index (χ1v) is 31.9. The zero-order valence-electron chi connectivity index (χ0n) is 58.4. The summed E-state index contributed by atoms with van der Waals surface area (Å²) in [5.74, 6) is 1.41. The molecule has 9 rings (SSSR count). The van der Waals surface area contributed by atoms with Crippen LogP contribution in [-0.4, -0.2) is 76.4 Å². The molecule has 6 N–H and O–H groups in total. The molecule has 0 radical (unpaired) electrons. The Bertz CT molecular complexity index is 3680. The van der Waals surface area contributed by atoms with Crippen LogP contribution in [0.4, 0.5) is 0 Å². The molecular formula is C89H116O12. The lowest BCUT2D eigenvalue weighted by molar-refractivity contribution is -0.179. The standard InChI is InChI=1S/C21H22O2.3C18H18O2.2C5H12O2.4CH4/c1-5-7-15-9-11-19-17(13-15)18-14-16(8-6-2)10-12-20(18)23-21(3,4)22-19;2*1-3-5-13-7-9-18(20)16(11-13)14-8-10-17(19)15(12-14)6-4-2;1-3-5-13-7-9-17(19)15(11-13)16-12-14(6-4-2)8-10-18(16)20;2*1-5(2,6-3)7-4;;;;/h5-6,9-14H,1-2,7-8H2,3-4H3;3*3-4,7-12,19-20H,1-2,5-6H2;2*1-4H3;4*1H4. The van der Waals surface area contributed by atoms with E-state index in [1.165, 1.54) is 11.1 Å². The van der Waals surface area contributed by atoms with Crippen molar-refractivity contribution in [3.63, 3.8) is 0 Å². The summed E-state index contributed by atoms with van der Waals surface area (Å²) in [4.78, 5) is 0. The summed E-state index contributed by atoms with van der Waals surface area (Å²) in [6.07, 6.45) is 20.4. The van der Waals surface area contributed by atoms with Gasteiger partial charge in [-0.1, -0.05) is 127 Å². The van der Waals surface area contributed by atoms with E-state index in [0.717, 1.165) is 117 Å². The second kappa shape index (κ2) is 44.8. The van der Waals surface area contributed by atoms with Gasteiger partial charge in [-0.25, -0.2) is 0 Å². The lowest BCUT2D eigenvalue weighted by atomic mass is 9.97. The molecule has 1 aliphatic heterocycles. The first-order chi connectivity index (χ1) is 46.2. The van der Waals surface area contributed by atoms with E-state index in [1.54, 1.807) is 89.1 Å². The Balaban J connectivity index is 0.00000123. The van der Waals surface area contributed by atoms with Crippen molar-refractivity contribution < 1.29 is 59.1 Å². The molecule has 0 aliphatic carbocycles. The molecule has 0 spiro atoms. The molecule has 8 aromatic carbocycles.